The Labute approximate surface area is 132 Å². The lowest BCUT2D eigenvalue weighted by atomic mass is 10.2. The first-order valence-electron chi connectivity index (χ1n) is 6.20. The molecule has 1 aromatic heterocycles. The molecule has 1 aromatic carbocycles. The number of rotatable bonds is 4. The first-order chi connectivity index (χ1) is 9.45. The quantitative estimate of drug-likeness (QED) is 0.866. The van der Waals surface area contributed by atoms with Gasteiger partial charge in [0.05, 0.1) is 21.8 Å². The third-order valence-electron chi connectivity index (χ3n) is 3.24. The summed E-state index contributed by atoms with van der Waals surface area (Å²) < 4.78 is 2.40. The van der Waals surface area contributed by atoms with Gasteiger partial charge in [-0.1, -0.05) is 42.3 Å². The monoisotopic (exact) mass is 331 g/mol. The highest BCUT2D eigenvalue weighted by molar-refractivity contribution is 7.71. The summed E-state index contributed by atoms with van der Waals surface area (Å²) in [7, 11) is 2.04. The van der Waals surface area contributed by atoms with Crippen molar-refractivity contribution in [1.82, 2.24) is 14.5 Å². The molecule has 0 bridgehead atoms. The normalized spacial score (nSPS) is 11.4. The minimum atomic E-state index is -0.0880. The fraction of sp³-hybridized carbons (Fsp3) is 0.385. The van der Waals surface area contributed by atoms with Gasteiger partial charge in [0.25, 0.3) is 0 Å². The summed E-state index contributed by atoms with van der Waals surface area (Å²) in [6.45, 7) is 4.63. The van der Waals surface area contributed by atoms with Crippen molar-refractivity contribution >= 4 is 46.3 Å². The molecule has 20 heavy (non-hydrogen) atoms. The highest BCUT2D eigenvalue weighted by Gasteiger charge is 2.13. The SMILES string of the molecule is CCN(C)CCn1cnc2c(O)c(Cl)cc(Cl)c2c1=S. The van der Waals surface area contributed by atoms with Gasteiger partial charge in [-0.3, -0.25) is 0 Å². The molecule has 0 amide bonds. The number of hydrogen-bond donors (Lipinski definition) is 1. The molecular formula is C13H15Cl2N3OS. The van der Waals surface area contributed by atoms with E-state index in [1.54, 1.807) is 6.33 Å². The van der Waals surface area contributed by atoms with Crippen molar-refractivity contribution in [2.24, 2.45) is 0 Å². The van der Waals surface area contributed by atoms with Gasteiger partial charge in [0, 0.05) is 13.1 Å². The van der Waals surface area contributed by atoms with Crippen LogP contribution in [0.3, 0.4) is 0 Å². The van der Waals surface area contributed by atoms with Gasteiger partial charge in [-0.25, -0.2) is 4.98 Å². The van der Waals surface area contributed by atoms with Crippen molar-refractivity contribution in [3.63, 3.8) is 0 Å². The summed E-state index contributed by atoms with van der Waals surface area (Å²) in [6, 6.07) is 1.49. The molecule has 2 aromatic rings. The summed E-state index contributed by atoms with van der Waals surface area (Å²) in [5.41, 5.74) is 0.340. The van der Waals surface area contributed by atoms with Gasteiger partial charge in [0.2, 0.25) is 0 Å². The van der Waals surface area contributed by atoms with Crippen molar-refractivity contribution < 1.29 is 5.11 Å². The molecule has 0 aliphatic rings. The smallest absolute Gasteiger partial charge is 0.160 e. The zero-order chi connectivity index (χ0) is 14.9. The van der Waals surface area contributed by atoms with E-state index in [-0.39, 0.29) is 10.8 Å². The average molecular weight is 332 g/mol. The number of phenols is 1. The molecule has 1 heterocycles. The van der Waals surface area contributed by atoms with Crippen LogP contribution in [0.2, 0.25) is 10.0 Å². The maximum absolute atomic E-state index is 9.94. The van der Waals surface area contributed by atoms with E-state index in [0.717, 1.165) is 13.1 Å². The summed E-state index contributed by atoms with van der Waals surface area (Å²) in [5, 5.41) is 11.1. The molecule has 0 unspecified atom stereocenters. The van der Waals surface area contributed by atoms with Crippen LogP contribution in [0, 0.1) is 4.64 Å². The molecule has 7 heteroatoms. The number of aromatic hydroxyl groups is 1. The van der Waals surface area contributed by atoms with Gasteiger partial charge in [-0.15, -0.1) is 0 Å². The third kappa shape index (κ3) is 2.91. The molecule has 0 radical (unpaired) electrons. The fourth-order valence-electron chi connectivity index (χ4n) is 1.84. The highest BCUT2D eigenvalue weighted by atomic mass is 35.5. The maximum Gasteiger partial charge on any atom is 0.160 e. The summed E-state index contributed by atoms with van der Waals surface area (Å²) in [6.07, 6.45) is 1.61. The highest BCUT2D eigenvalue weighted by Crippen LogP contribution is 2.36. The molecule has 4 nitrogen and oxygen atoms in total. The van der Waals surface area contributed by atoms with Crippen LogP contribution in [0.4, 0.5) is 0 Å². The molecule has 0 atom stereocenters. The second-order valence-corrected chi connectivity index (χ2v) is 5.75. The topological polar surface area (TPSA) is 41.3 Å². The molecule has 1 N–H and O–H groups in total. The van der Waals surface area contributed by atoms with Crippen LogP contribution >= 0.6 is 35.4 Å². The average Bonchev–Trinajstić information content (AvgIpc) is 2.42. The lowest BCUT2D eigenvalue weighted by Gasteiger charge is -2.16. The second-order valence-electron chi connectivity index (χ2n) is 4.55. The Morgan fingerprint density at radius 3 is 2.75 bits per heavy atom. The zero-order valence-electron chi connectivity index (χ0n) is 11.2. The molecule has 0 saturated heterocycles. The second kappa shape index (κ2) is 6.26. The number of aromatic nitrogens is 2. The van der Waals surface area contributed by atoms with Gasteiger partial charge >= 0.3 is 0 Å². The van der Waals surface area contributed by atoms with E-state index in [2.05, 4.69) is 16.8 Å². The number of benzene rings is 1. The summed E-state index contributed by atoms with van der Waals surface area (Å²) in [4.78, 5) is 6.40. The minimum Gasteiger partial charge on any atom is -0.504 e. The van der Waals surface area contributed by atoms with Crippen molar-refractivity contribution in [1.29, 1.82) is 0 Å². The predicted octanol–water partition coefficient (Wildman–Crippen LogP) is 3.73. The molecule has 0 fully saturated rings. The van der Waals surface area contributed by atoms with Crippen LogP contribution in [0.15, 0.2) is 12.4 Å². The van der Waals surface area contributed by atoms with Crippen molar-refractivity contribution in [2.75, 3.05) is 20.1 Å². The summed E-state index contributed by atoms with van der Waals surface area (Å²) in [5.74, 6) is -0.0880. The van der Waals surface area contributed by atoms with Crippen LogP contribution in [-0.4, -0.2) is 39.7 Å². The molecule has 2 rings (SSSR count). The molecule has 0 aliphatic carbocycles. The molecule has 0 saturated carbocycles. The number of fused-ring (bicyclic) bond motifs is 1. The number of hydrogen-bond acceptors (Lipinski definition) is 4. The van der Waals surface area contributed by atoms with E-state index in [1.807, 2.05) is 11.6 Å². The van der Waals surface area contributed by atoms with Crippen LogP contribution in [0.25, 0.3) is 10.9 Å². The number of phenolic OH excluding ortho intramolecular Hbond substituents is 1. The Morgan fingerprint density at radius 1 is 1.40 bits per heavy atom. The predicted molar refractivity (Wildman–Crippen MR) is 85.4 cm³/mol. The Kier molecular flexibility index (Phi) is 4.86. The van der Waals surface area contributed by atoms with E-state index >= 15 is 0 Å². The molecule has 0 aliphatic heterocycles. The third-order valence-corrected chi connectivity index (χ3v) is 4.27. The van der Waals surface area contributed by atoms with Crippen molar-refractivity contribution in [2.45, 2.75) is 13.5 Å². The molecule has 108 valence electrons. The Hall–Kier alpha value is -0.880. The van der Waals surface area contributed by atoms with Crippen LogP contribution in [-0.2, 0) is 6.54 Å². The zero-order valence-corrected chi connectivity index (χ0v) is 13.6. The lowest BCUT2D eigenvalue weighted by molar-refractivity contribution is 0.334. The van der Waals surface area contributed by atoms with Crippen LogP contribution < -0.4 is 0 Å². The van der Waals surface area contributed by atoms with E-state index in [9.17, 15) is 5.11 Å². The van der Waals surface area contributed by atoms with E-state index in [4.69, 9.17) is 35.4 Å². The van der Waals surface area contributed by atoms with E-state index < -0.39 is 0 Å². The van der Waals surface area contributed by atoms with Crippen molar-refractivity contribution in [3.05, 3.63) is 27.1 Å². The number of nitrogens with zero attached hydrogens (tertiary/aromatic N) is 3. The lowest BCUT2D eigenvalue weighted by Crippen LogP contribution is -2.23. The Balaban J connectivity index is 2.52. The molecule has 0 spiro atoms. The molecular weight excluding hydrogens is 317 g/mol. The van der Waals surface area contributed by atoms with E-state index in [0.29, 0.717) is 27.1 Å². The summed E-state index contributed by atoms with van der Waals surface area (Å²) >= 11 is 17.5. The first kappa shape index (κ1) is 15.5. The Bertz CT molecular complexity index is 702. The fourth-order valence-corrected chi connectivity index (χ4v) is 2.79. The van der Waals surface area contributed by atoms with Gasteiger partial charge in [-0.2, -0.15) is 0 Å². The standard InChI is InChI=1S/C13H15Cl2N3OS/c1-3-17(2)4-5-18-7-16-11-10(13(18)20)8(14)6-9(15)12(11)19/h6-7,19H,3-5H2,1-2H3. The van der Waals surface area contributed by atoms with Crippen molar-refractivity contribution in [3.8, 4) is 5.75 Å². The van der Waals surface area contributed by atoms with Gasteiger partial charge in [0.1, 0.15) is 10.2 Å². The van der Waals surface area contributed by atoms with E-state index in [1.165, 1.54) is 6.07 Å². The maximum atomic E-state index is 9.94. The Morgan fingerprint density at radius 2 is 2.10 bits per heavy atom. The van der Waals surface area contributed by atoms with Crippen LogP contribution in [0.5, 0.6) is 5.75 Å². The largest absolute Gasteiger partial charge is 0.504 e. The van der Waals surface area contributed by atoms with Gasteiger partial charge in [0.15, 0.2) is 5.75 Å². The van der Waals surface area contributed by atoms with Gasteiger partial charge in [-0.05, 0) is 19.7 Å². The number of halogens is 2. The van der Waals surface area contributed by atoms with Crippen LogP contribution in [0.1, 0.15) is 6.92 Å². The van der Waals surface area contributed by atoms with Gasteiger partial charge < -0.3 is 14.6 Å². The first-order valence-corrected chi connectivity index (χ1v) is 7.36. The minimum absolute atomic E-state index is 0.0880. The number of likely N-dealkylation sites (N-methyl/N-ethyl adjacent to an activating group) is 1.